The molecule has 0 bridgehead atoms. The molecule has 0 amide bonds. The van der Waals surface area contributed by atoms with Gasteiger partial charge in [0.15, 0.2) is 0 Å². The molecule has 1 rings (SSSR count). The van der Waals surface area contributed by atoms with Gasteiger partial charge in [-0.05, 0) is 25.7 Å². The lowest BCUT2D eigenvalue weighted by Gasteiger charge is -2.18. The van der Waals surface area contributed by atoms with Crippen molar-refractivity contribution >= 4 is 0 Å². The second-order valence-corrected chi connectivity index (χ2v) is 5.99. The van der Waals surface area contributed by atoms with Crippen molar-refractivity contribution in [1.29, 1.82) is 0 Å². The van der Waals surface area contributed by atoms with Gasteiger partial charge in [-0.25, -0.2) is 4.98 Å². The molecule has 0 saturated heterocycles. The van der Waals surface area contributed by atoms with Crippen LogP contribution in [0.3, 0.4) is 0 Å². The molecular formula is C18H34N2O. The Morgan fingerprint density at radius 3 is 2.43 bits per heavy atom. The summed E-state index contributed by atoms with van der Waals surface area (Å²) < 4.78 is 8.27. The molecule has 0 radical (unpaired) electrons. The Balaban J connectivity index is 2.11. The van der Waals surface area contributed by atoms with Crippen LogP contribution < -0.4 is 0 Å². The van der Waals surface area contributed by atoms with E-state index in [1.807, 2.05) is 18.7 Å². The summed E-state index contributed by atoms with van der Waals surface area (Å²) in [6.07, 6.45) is 18.9. The number of hydrogen-bond donors (Lipinski definition) is 0. The normalized spacial score (nSPS) is 12.7. The first-order valence-electron chi connectivity index (χ1n) is 8.94. The highest BCUT2D eigenvalue weighted by Crippen LogP contribution is 2.13. The molecule has 1 atom stereocenters. The van der Waals surface area contributed by atoms with E-state index >= 15 is 0 Å². The summed E-state index contributed by atoms with van der Waals surface area (Å²) >= 11 is 0. The Hall–Kier alpha value is -0.830. The molecule has 0 fully saturated rings. The number of aromatic nitrogens is 2. The summed E-state index contributed by atoms with van der Waals surface area (Å²) in [4.78, 5) is 4.09. The Kier molecular flexibility index (Phi) is 11.2. The highest BCUT2D eigenvalue weighted by Gasteiger charge is 2.08. The largest absolute Gasteiger partial charge is 0.378 e. The van der Waals surface area contributed by atoms with Gasteiger partial charge in [0, 0.05) is 25.5 Å². The molecule has 0 spiro atoms. The van der Waals surface area contributed by atoms with E-state index in [4.69, 9.17) is 4.74 Å². The Labute approximate surface area is 131 Å². The van der Waals surface area contributed by atoms with Gasteiger partial charge < -0.3 is 9.30 Å². The highest BCUT2D eigenvalue weighted by molar-refractivity contribution is 4.74. The summed E-state index contributed by atoms with van der Waals surface area (Å²) in [5.41, 5.74) is 0. The maximum atomic E-state index is 6.12. The molecule has 21 heavy (non-hydrogen) atoms. The quantitative estimate of drug-likeness (QED) is 0.440. The smallest absolute Gasteiger partial charge is 0.0945 e. The van der Waals surface area contributed by atoms with Crippen molar-refractivity contribution < 1.29 is 4.74 Å². The average molecular weight is 294 g/mol. The molecule has 1 aromatic heterocycles. The van der Waals surface area contributed by atoms with Gasteiger partial charge in [0.2, 0.25) is 0 Å². The lowest BCUT2D eigenvalue weighted by Crippen LogP contribution is -2.15. The van der Waals surface area contributed by atoms with Gasteiger partial charge in [-0.1, -0.05) is 52.4 Å². The molecule has 122 valence electrons. The van der Waals surface area contributed by atoms with Crippen LogP contribution in [0.4, 0.5) is 0 Å². The second-order valence-electron chi connectivity index (χ2n) is 5.99. The topological polar surface area (TPSA) is 27.1 Å². The van der Waals surface area contributed by atoms with E-state index < -0.39 is 0 Å². The minimum atomic E-state index is 0.458. The van der Waals surface area contributed by atoms with E-state index in [9.17, 15) is 0 Å². The zero-order valence-electron chi connectivity index (χ0n) is 14.1. The Bertz CT molecular complexity index is 311. The van der Waals surface area contributed by atoms with Crippen molar-refractivity contribution in [2.45, 2.75) is 90.7 Å². The SMILES string of the molecule is CCCCCCCOC(CCCC)CCCn1ccnc1. The zero-order valence-corrected chi connectivity index (χ0v) is 14.1. The molecule has 0 aromatic carbocycles. The molecule has 0 saturated carbocycles. The standard InChI is InChI=1S/C18H34N2O/c1-3-5-7-8-9-16-21-18(11-6-4-2)12-10-14-20-15-13-19-17-20/h13,15,17-18H,3-12,14,16H2,1-2H3. The van der Waals surface area contributed by atoms with Gasteiger partial charge in [-0.15, -0.1) is 0 Å². The van der Waals surface area contributed by atoms with Gasteiger partial charge in [-0.3, -0.25) is 0 Å². The third-order valence-electron chi connectivity index (χ3n) is 3.98. The number of ether oxygens (including phenoxy) is 1. The summed E-state index contributed by atoms with van der Waals surface area (Å²) in [6.45, 7) is 6.52. The van der Waals surface area contributed by atoms with Crippen molar-refractivity contribution in [1.82, 2.24) is 9.55 Å². The van der Waals surface area contributed by atoms with Gasteiger partial charge >= 0.3 is 0 Å². The number of imidazole rings is 1. The minimum Gasteiger partial charge on any atom is -0.378 e. The Morgan fingerprint density at radius 1 is 0.952 bits per heavy atom. The first-order chi connectivity index (χ1) is 10.4. The second kappa shape index (κ2) is 12.9. The summed E-state index contributed by atoms with van der Waals surface area (Å²) in [5, 5.41) is 0. The molecule has 3 nitrogen and oxygen atoms in total. The van der Waals surface area contributed by atoms with Crippen molar-refractivity contribution in [2.75, 3.05) is 6.61 Å². The third-order valence-corrected chi connectivity index (χ3v) is 3.98. The lowest BCUT2D eigenvalue weighted by molar-refractivity contribution is 0.0357. The molecule has 0 aliphatic rings. The van der Waals surface area contributed by atoms with Crippen LogP contribution in [-0.4, -0.2) is 22.3 Å². The lowest BCUT2D eigenvalue weighted by atomic mass is 10.1. The number of rotatable bonds is 14. The monoisotopic (exact) mass is 294 g/mol. The van der Waals surface area contributed by atoms with Crippen LogP contribution in [0.15, 0.2) is 18.7 Å². The fraction of sp³-hybridized carbons (Fsp3) is 0.833. The molecule has 0 aliphatic heterocycles. The van der Waals surface area contributed by atoms with E-state index in [2.05, 4.69) is 23.4 Å². The Morgan fingerprint density at radius 2 is 1.71 bits per heavy atom. The zero-order chi connectivity index (χ0) is 15.2. The van der Waals surface area contributed by atoms with Crippen LogP contribution in [-0.2, 0) is 11.3 Å². The van der Waals surface area contributed by atoms with Crippen LogP contribution in [0.25, 0.3) is 0 Å². The van der Waals surface area contributed by atoms with Crippen LogP contribution in [0, 0.1) is 0 Å². The molecule has 0 N–H and O–H groups in total. The minimum absolute atomic E-state index is 0.458. The molecule has 1 aromatic rings. The van der Waals surface area contributed by atoms with E-state index in [1.165, 1.54) is 64.2 Å². The van der Waals surface area contributed by atoms with Gasteiger partial charge in [0.1, 0.15) is 0 Å². The molecule has 0 aliphatic carbocycles. The fourth-order valence-electron chi connectivity index (χ4n) is 2.62. The predicted molar refractivity (Wildman–Crippen MR) is 89.5 cm³/mol. The van der Waals surface area contributed by atoms with Crippen LogP contribution in [0.1, 0.15) is 78.1 Å². The first kappa shape index (κ1) is 18.2. The van der Waals surface area contributed by atoms with Gasteiger partial charge in [-0.2, -0.15) is 0 Å². The maximum Gasteiger partial charge on any atom is 0.0945 e. The number of unbranched alkanes of at least 4 members (excludes halogenated alkanes) is 5. The van der Waals surface area contributed by atoms with E-state index in [0.717, 1.165) is 13.2 Å². The average Bonchev–Trinajstić information content (AvgIpc) is 3.01. The first-order valence-corrected chi connectivity index (χ1v) is 8.94. The van der Waals surface area contributed by atoms with E-state index in [1.54, 1.807) is 0 Å². The summed E-state index contributed by atoms with van der Waals surface area (Å²) in [5.74, 6) is 0. The molecule has 1 unspecified atom stereocenters. The predicted octanol–water partition coefficient (Wildman–Crippen LogP) is 5.21. The van der Waals surface area contributed by atoms with Crippen molar-refractivity contribution in [2.24, 2.45) is 0 Å². The molecule has 1 heterocycles. The van der Waals surface area contributed by atoms with Crippen LogP contribution >= 0.6 is 0 Å². The molecule has 3 heteroatoms. The van der Waals surface area contributed by atoms with Crippen molar-refractivity contribution in [3.05, 3.63) is 18.7 Å². The van der Waals surface area contributed by atoms with Gasteiger partial charge in [0.25, 0.3) is 0 Å². The van der Waals surface area contributed by atoms with Crippen molar-refractivity contribution in [3.8, 4) is 0 Å². The fourth-order valence-corrected chi connectivity index (χ4v) is 2.62. The number of nitrogens with zero attached hydrogens (tertiary/aromatic N) is 2. The van der Waals surface area contributed by atoms with Crippen LogP contribution in [0.5, 0.6) is 0 Å². The number of aryl methyl sites for hydroxylation is 1. The van der Waals surface area contributed by atoms with E-state index in [0.29, 0.717) is 6.10 Å². The van der Waals surface area contributed by atoms with E-state index in [-0.39, 0.29) is 0 Å². The van der Waals surface area contributed by atoms with Crippen molar-refractivity contribution in [3.63, 3.8) is 0 Å². The van der Waals surface area contributed by atoms with Gasteiger partial charge in [0.05, 0.1) is 12.4 Å². The maximum absolute atomic E-state index is 6.12. The van der Waals surface area contributed by atoms with Crippen LogP contribution in [0.2, 0.25) is 0 Å². The number of hydrogen-bond acceptors (Lipinski definition) is 2. The molecular weight excluding hydrogens is 260 g/mol. The summed E-state index contributed by atoms with van der Waals surface area (Å²) in [7, 11) is 0. The summed E-state index contributed by atoms with van der Waals surface area (Å²) in [6, 6.07) is 0. The highest BCUT2D eigenvalue weighted by atomic mass is 16.5. The third kappa shape index (κ3) is 9.67.